The highest BCUT2D eigenvalue weighted by molar-refractivity contribution is 6.00. The number of phenols is 2. The summed E-state index contributed by atoms with van der Waals surface area (Å²) in [5.41, 5.74) is 0.280. The first-order valence-corrected chi connectivity index (χ1v) is 6.80. The van der Waals surface area contributed by atoms with E-state index in [0.717, 1.165) is 12.8 Å². The van der Waals surface area contributed by atoms with Gasteiger partial charge in [0.05, 0.1) is 12.1 Å². The van der Waals surface area contributed by atoms with Crippen LogP contribution in [0.4, 0.5) is 0 Å². The maximum absolute atomic E-state index is 12.3. The zero-order chi connectivity index (χ0) is 14.0. The maximum atomic E-state index is 12.3. The number of carbonyl (C=O) groups is 1. The summed E-state index contributed by atoms with van der Waals surface area (Å²) in [6.07, 6.45) is 3.43. The van der Waals surface area contributed by atoms with Crippen molar-refractivity contribution in [2.24, 2.45) is 0 Å². The van der Waals surface area contributed by atoms with Gasteiger partial charge >= 0.3 is 0 Å². The summed E-state index contributed by atoms with van der Waals surface area (Å²) >= 11 is 0. The quantitative estimate of drug-likeness (QED) is 0.823. The van der Waals surface area contributed by atoms with E-state index in [1.807, 2.05) is 0 Å². The molecule has 19 heavy (non-hydrogen) atoms. The number of phenolic OH excluding ortho intramolecular Hbond substituents is 2. The van der Waals surface area contributed by atoms with Crippen LogP contribution < -0.4 is 0 Å². The normalized spacial score (nSPS) is 24.3. The molecule has 2 atom stereocenters. The number of hydrogen-bond acceptors (Lipinski definition) is 4. The fraction of sp³-hybridized carbons (Fsp3) is 0.533. The molecule has 2 N–H and O–H groups in total. The van der Waals surface area contributed by atoms with E-state index >= 15 is 0 Å². The number of nitrogens with zero attached hydrogens (tertiary/aromatic N) is 1. The van der Waals surface area contributed by atoms with Gasteiger partial charge in [0, 0.05) is 18.2 Å². The molecule has 0 aliphatic carbocycles. The first kappa shape index (κ1) is 13.9. The Hall–Kier alpha value is -1.55. The van der Waals surface area contributed by atoms with Crippen molar-refractivity contribution >= 4 is 5.78 Å². The third-order valence-electron chi connectivity index (χ3n) is 3.98. The molecule has 4 heteroatoms. The molecule has 1 aromatic carbocycles. The van der Waals surface area contributed by atoms with Gasteiger partial charge in [-0.1, -0.05) is 6.42 Å². The van der Waals surface area contributed by atoms with Crippen LogP contribution in [0.15, 0.2) is 18.2 Å². The van der Waals surface area contributed by atoms with Crippen LogP contribution in [0.3, 0.4) is 0 Å². The minimum absolute atomic E-state index is 0.0336. The average Bonchev–Trinajstić information content (AvgIpc) is 2.33. The number of ketones is 1. The number of Topliss-reactive ketones (excluding diaryl/α,β-unsaturated/α-hetero) is 1. The second-order valence-corrected chi connectivity index (χ2v) is 5.43. The van der Waals surface area contributed by atoms with Gasteiger partial charge in [0.2, 0.25) is 0 Å². The number of aromatic hydroxyl groups is 2. The van der Waals surface area contributed by atoms with E-state index in [1.54, 1.807) is 0 Å². The van der Waals surface area contributed by atoms with E-state index in [9.17, 15) is 15.0 Å². The molecule has 1 saturated heterocycles. The van der Waals surface area contributed by atoms with E-state index in [1.165, 1.54) is 24.6 Å². The molecule has 1 fully saturated rings. The molecule has 1 aromatic rings. The standard InChI is InChI=1S/C15H21NO3/c1-10-4-3-5-11(2)16(10)9-15(19)13-7-6-12(17)8-14(13)18/h6-8,10-11,17-18H,3-5,9H2,1-2H3. The second kappa shape index (κ2) is 5.61. The molecule has 0 radical (unpaired) electrons. The second-order valence-electron chi connectivity index (χ2n) is 5.43. The number of rotatable bonds is 3. The third-order valence-corrected chi connectivity index (χ3v) is 3.98. The van der Waals surface area contributed by atoms with Crippen molar-refractivity contribution in [1.29, 1.82) is 0 Å². The summed E-state index contributed by atoms with van der Waals surface area (Å²) < 4.78 is 0. The molecule has 0 saturated carbocycles. The fourth-order valence-electron chi connectivity index (χ4n) is 2.79. The molecule has 1 aliphatic heterocycles. The molecule has 2 unspecified atom stereocenters. The maximum Gasteiger partial charge on any atom is 0.180 e. The Balaban J connectivity index is 2.11. The van der Waals surface area contributed by atoms with Crippen molar-refractivity contribution < 1.29 is 15.0 Å². The lowest BCUT2D eigenvalue weighted by atomic mass is 9.96. The van der Waals surface area contributed by atoms with Crippen LogP contribution in [0.2, 0.25) is 0 Å². The monoisotopic (exact) mass is 263 g/mol. The summed E-state index contributed by atoms with van der Waals surface area (Å²) in [4.78, 5) is 14.4. The Morgan fingerprint density at radius 1 is 1.26 bits per heavy atom. The molecular weight excluding hydrogens is 242 g/mol. The number of benzene rings is 1. The highest BCUT2D eigenvalue weighted by Crippen LogP contribution is 2.26. The topological polar surface area (TPSA) is 60.8 Å². The van der Waals surface area contributed by atoms with Gasteiger partial charge in [-0.25, -0.2) is 0 Å². The molecular formula is C15H21NO3. The van der Waals surface area contributed by atoms with Crippen LogP contribution >= 0.6 is 0 Å². The van der Waals surface area contributed by atoms with Crippen LogP contribution in [0, 0.1) is 0 Å². The Morgan fingerprint density at radius 3 is 2.47 bits per heavy atom. The molecule has 0 bridgehead atoms. The van der Waals surface area contributed by atoms with Gasteiger partial charge in [-0.3, -0.25) is 9.69 Å². The lowest BCUT2D eigenvalue weighted by molar-refractivity contribution is 0.0732. The van der Waals surface area contributed by atoms with Crippen LogP contribution in [0.25, 0.3) is 0 Å². The van der Waals surface area contributed by atoms with E-state index in [4.69, 9.17) is 0 Å². The lowest BCUT2D eigenvalue weighted by Crippen LogP contribution is -2.46. The van der Waals surface area contributed by atoms with E-state index in [2.05, 4.69) is 18.7 Å². The van der Waals surface area contributed by atoms with Gasteiger partial charge in [-0.15, -0.1) is 0 Å². The first-order valence-electron chi connectivity index (χ1n) is 6.80. The lowest BCUT2D eigenvalue weighted by Gasteiger charge is -2.38. The molecule has 0 spiro atoms. The number of hydrogen-bond donors (Lipinski definition) is 2. The summed E-state index contributed by atoms with van der Waals surface area (Å²) in [5.74, 6) is -0.283. The van der Waals surface area contributed by atoms with Gasteiger partial charge in [0.1, 0.15) is 11.5 Å². The Morgan fingerprint density at radius 2 is 1.89 bits per heavy atom. The largest absolute Gasteiger partial charge is 0.508 e. The predicted octanol–water partition coefficient (Wildman–Crippen LogP) is 2.54. The van der Waals surface area contributed by atoms with Crippen LogP contribution in [-0.2, 0) is 0 Å². The molecule has 1 aliphatic rings. The Bertz CT molecular complexity index is 462. The minimum Gasteiger partial charge on any atom is -0.508 e. The Labute approximate surface area is 113 Å². The average molecular weight is 263 g/mol. The number of likely N-dealkylation sites (tertiary alicyclic amines) is 1. The molecule has 0 amide bonds. The van der Waals surface area contributed by atoms with Crippen molar-refractivity contribution in [2.75, 3.05) is 6.54 Å². The molecule has 1 heterocycles. The van der Waals surface area contributed by atoms with Gasteiger partial charge in [-0.2, -0.15) is 0 Å². The highest BCUT2D eigenvalue weighted by Gasteiger charge is 2.27. The van der Waals surface area contributed by atoms with E-state index in [-0.39, 0.29) is 22.8 Å². The van der Waals surface area contributed by atoms with Crippen molar-refractivity contribution in [2.45, 2.75) is 45.2 Å². The predicted molar refractivity (Wildman–Crippen MR) is 73.6 cm³/mol. The van der Waals surface area contributed by atoms with Crippen molar-refractivity contribution in [3.05, 3.63) is 23.8 Å². The number of carbonyl (C=O) groups excluding carboxylic acids is 1. The van der Waals surface area contributed by atoms with Gasteiger partial charge in [0.15, 0.2) is 5.78 Å². The van der Waals surface area contributed by atoms with Gasteiger partial charge in [0.25, 0.3) is 0 Å². The molecule has 0 aromatic heterocycles. The summed E-state index contributed by atoms with van der Waals surface area (Å²) in [6, 6.07) is 4.90. The zero-order valence-electron chi connectivity index (χ0n) is 11.5. The van der Waals surface area contributed by atoms with Crippen LogP contribution in [0.1, 0.15) is 43.5 Å². The number of piperidine rings is 1. The SMILES string of the molecule is CC1CCCC(C)N1CC(=O)c1ccc(O)cc1O. The third kappa shape index (κ3) is 3.07. The zero-order valence-corrected chi connectivity index (χ0v) is 11.5. The van der Waals surface area contributed by atoms with Crippen LogP contribution in [-0.4, -0.2) is 39.5 Å². The van der Waals surface area contributed by atoms with Crippen molar-refractivity contribution in [3.63, 3.8) is 0 Å². The summed E-state index contributed by atoms with van der Waals surface area (Å²) in [5, 5.41) is 19.0. The van der Waals surface area contributed by atoms with Gasteiger partial charge < -0.3 is 10.2 Å². The molecule has 104 valence electrons. The minimum atomic E-state index is -0.151. The summed E-state index contributed by atoms with van der Waals surface area (Å²) in [6.45, 7) is 4.60. The van der Waals surface area contributed by atoms with E-state index in [0.29, 0.717) is 18.6 Å². The smallest absolute Gasteiger partial charge is 0.180 e. The van der Waals surface area contributed by atoms with Crippen molar-refractivity contribution in [3.8, 4) is 11.5 Å². The van der Waals surface area contributed by atoms with Crippen molar-refractivity contribution in [1.82, 2.24) is 4.90 Å². The summed E-state index contributed by atoms with van der Waals surface area (Å²) in [7, 11) is 0. The fourth-order valence-corrected chi connectivity index (χ4v) is 2.79. The van der Waals surface area contributed by atoms with Crippen LogP contribution in [0.5, 0.6) is 11.5 Å². The van der Waals surface area contributed by atoms with Gasteiger partial charge in [-0.05, 0) is 38.8 Å². The Kier molecular flexibility index (Phi) is 4.10. The van der Waals surface area contributed by atoms with E-state index < -0.39 is 0 Å². The molecule has 2 rings (SSSR count). The first-order chi connectivity index (χ1) is 8.99. The molecule has 4 nitrogen and oxygen atoms in total. The highest BCUT2D eigenvalue weighted by atomic mass is 16.3.